The van der Waals surface area contributed by atoms with Gasteiger partial charge in [-0.05, 0) is 12.8 Å². The highest BCUT2D eigenvalue weighted by atomic mass is 16.5. The topological polar surface area (TPSA) is 71.1 Å². The quantitative estimate of drug-likeness (QED) is 0.680. The molecule has 1 atom stereocenters. The number of urea groups is 1. The van der Waals surface area contributed by atoms with Crippen LogP contribution in [-0.4, -0.2) is 67.9 Å². The summed E-state index contributed by atoms with van der Waals surface area (Å²) in [5, 5.41) is 1.82. The third-order valence-corrected chi connectivity index (χ3v) is 3.25. The molecule has 0 bridgehead atoms. The van der Waals surface area contributed by atoms with Crippen molar-refractivity contribution in [3.8, 4) is 0 Å². The molecule has 7 heteroatoms. The number of hydrazine groups is 1. The number of likely N-dealkylation sites (tertiary alicyclic amines) is 1. The number of morpholine rings is 1. The van der Waals surface area contributed by atoms with Gasteiger partial charge >= 0.3 is 12.0 Å². The lowest BCUT2D eigenvalue weighted by Crippen LogP contribution is -2.54. The van der Waals surface area contributed by atoms with E-state index in [1.807, 2.05) is 5.01 Å². The van der Waals surface area contributed by atoms with Crippen molar-refractivity contribution >= 4 is 12.0 Å². The van der Waals surface area contributed by atoms with Crippen LogP contribution in [0.4, 0.5) is 4.79 Å². The summed E-state index contributed by atoms with van der Waals surface area (Å²) in [6, 6.07) is -0.680. The van der Waals surface area contributed by atoms with Crippen molar-refractivity contribution in [3.05, 3.63) is 0 Å². The molecule has 0 aromatic heterocycles. The minimum atomic E-state index is -0.448. The number of methoxy groups -OCH3 is 1. The first-order valence-corrected chi connectivity index (χ1v) is 6.20. The summed E-state index contributed by atoms with van der Waals surface area (Å²) in [7, 11) is 1.35. The zero-order chi connectivity index (χ0) is 13.0. The Balaban J connectivity index is 1.89. The first-order chi connectivity index (χ1) is 8.72. The molecule has 0 aromatic carbocycles. The minimum absolute atomic E-state index is 0.232. The highest BCUT2D eigenvalue weighted by Gasteiger charge is 2.35. The number of carbonyl (C=O) groups excluding carboxylic acids is 2. The van der Waals surface area contributed by atoms with Crippen LogP contribution < -0.4 is 5.43 Å². The van der Waals surface area contributed by atoms with E-state index in [-0.39, 0.29) is 12.0 Å². The van der Waals surface area contributed by atoms with Gasteiger partial charge in [-0.2, -0.15) is 0 Å². The number of nitrogens with one attached hydrogen (secondary N) is 1. The van der Waals surface area contributed by atoms with Crippen molar-refractivity contribution in [1.29, 1.82) is 0 Å². The van der Waals surface area contributed by atoms with Crippen LogP contribution in [0.15, 0.2) is 0 Å². The monoisotopic (exact) mass is 257 g/mol. The van der Waals surface area contributed by atoms with Gasteiger partial charge in [0, 0.05) is 19.6 Å². The van der Waals surface area contributed by atoms with E-state index in [1.54, 1.807) is 4.90 Å². The van der Waals surface area contributed by atoms with Crippen molar-refractivity contribution in [2.24, 2.45) is 0 Å². The Bertz CT molecular complexity index is 317. The molecule has 7 nitrogen and oxygen atoms in total. The second kappa shape index (κ2) is 6.01. The van der Waals surface area contributed by atoms with Crippen LogP contribution >= 0.6 is 0 Å². The Labute approximate surface area is 106 Å². The lowest BCUT2D eigenvalue weighted by molar-refractivity contribution is -0.145. The van der Waals surface area contributed by atoms with Gasteiger partial charge < -0.3 is 14.4 Å². The molecule has 2 aliphatic rings. The zero-order valence-electron chi connectivity index (χ0n) is 10.6. The van der Waals surface area contributed by atoms with Gasteiger partial charge in [-0.1, -0.05) is 0 Å². The lowest BCUT2D eigenvalue weighted by atomic mass is 10.2. The van der Waals surface area contributed by atoms with E-state index >= 15 is 0 Å². The molecule has 2 saturated heterocycles. The van der Waals surface area contributed by atoms with Crippen molar-refractivity contribution in [1.82, 2.24) is 15.3 Å². The van der Waals surface area contributed by atoms with Gasteiger partial charge in [-0.15, -0.1) is 0 Å². The van der Waals surface area contributed by atoms with Gasteiger partial charge in [-0.3, -0.25) is 5.43 Å². The molecule has 2 fully saturated rings. The summed E-state index contributed by atoms with van der Waals surface area (Å²) in [5.74, 6) is -0.343. The summed E-state index contributed by atoms with van der Waals surface area (Å²) >= 11 is 0. The van der Waals surface area contributed by atoms with Crippen LogP contribution in [0, 0.1) is 0 Å². The van der Waals surface area contributed by atoms with E-state index in [9.17, 15) is 9.59 Å². The van der Waals surface area contributed by atoms with Gasteiger partial charge in [0.25, 0.3) is 0 Å². The first kappa shape index (κ1) is 13.1. The molecule has 2 amide bonds. The fourth-order valence-electron chi connectivity index (χ4n) is 2.27. The summed E-state index contributed by atoms with van der Waals surface area (Å²) < 4.78 is 9.91. The SMILES string of the molecule is COC(=O)C1CCCN1C(=O)NN1CCOCC1. The molecule has 0 saturated carbocycles. The highest BCUT2D eigenvalue weighted by molar-refractivity contribution is 5.84. The average molecular weight is 257 g/mol. The van der Waals surface area contributed by atoms with Gasteiger partial charge in [0.05, 0.1) is 20.3 Å². The summed E-state index contributed by atoms with van der Waals surface area (Å²) in [6.07, 6.45) is 1.50. The molecule has 2 heterocycles. The van der Waals surface area contributed by atoms with Crippen LogP contribution in [0.5, 0.6) is 0 Å². The van der Waals surface area contributed by atoms with Crippen molar-refractivity contribution in [2.75, 3.05) is 40.0 Å². The van der Waals surface area contributed by atoms with Gasteiger partial charge in [0.1, 0.15) is 6.04 Å². The van der Waals surface area contributed by atoms with Gasteiger partial charge in [0.2, 0.25) is 0 Å². The predicted molar refractivity (Wildman–Crippen MR) is 62.7 cm³/mol. The normalized spacial score (nSPS) is 24.9. The molecule has 2 aliphatic heterocycles. The summed E-state index contributed by atoms with van der Waals surface area (Å²) in [4.78, 5) is 25.2. The number of hydrogen-bond donors (Lipinski definition) is 1. The first-order valence-electron chi connectivity index (χ1n) is 6.20. The number of ether oxygens (including phenoxy) is 2. The number of rotatable bonds is 2. The Morgan fingerprint density at radius 2 is 2.00 bits per heavy atom. The molecular weight excluding hydrogens is 238 g/mol. The Morgan fingerprint density at radius 1 is 1.28 bits per heavy atom. The Kier molecular flexibility index (Phi) is 4.38. The standard InChI is InChI=1S/C11H19N3O4/c1-17-10(15)9-3-2-4-14(9)11(16)12-13-5-7-18-8-6-13/h9H,2-8H2,1H3,(H,12,16). The Hall–Kier alpha value is -1.34. The summed E-state index contributed by atoms with van der Waals surface area (Å²) in [6.45, 7) is 3.16. The zero-order valence-corrected chi connectivity index (χ0v) is 10.6. The minimum Gasteiger partial charge on any atom is -0.467 e. The van der Waals surface area contributed by atoms with E-state index in [0.29, 0.717) is 39.3 Å². The molecular formula is C11H19N3O4. The number of hydrogen-bond acceptors (Lipinski definition) is 5. The molecule has 0 aromatic rings. The maximum atomic E-state index is 12.1. The molecule has 0 aliphatic carbocycles. The number of carbonyl (C=O) groups is 2. The van der Waals surface area contributed by atoms with E-state index < -0.39 is 6.04 Å². The lowest BCUT2D eigenvalue weighted by Gasteiger charge is -2.30. The number of esters is 1. The predicted octanol–water partition coefficient (Wildman–Crippen LogP) is -0.419. The second-order valence-corrected chi connectivity index (χ2v) is 4.39. The smallest absolute Gasteiger partial charge is 0.332 e. The largest absolute Gasteiger partial charge is 0.467 e. The second-order valence-electron chi connectivity index (χ2n) is 4.39. The number of nitrogens with zero attached hydrogens (tertiary/aromatic N) is 2. The highest BCUT2D eigenvalue weighted by Crippen LogP contribution is 2.18. The fraction of sp³-hybridized carbons (Fsp3) is 0.818. The van der Waals surface area contributed by atoms with E-state index in [1.165, 1.54) is 7.11 Å². The van der Waals surface area contributed by atoms with Crippen LogP contribution in [0.3, 0.4) is 0 Å². The Morgan fingerprint density at radius 3 is 2.67 bits per heavy atom. The summed E-state index contributed by atoms with van der Waals surface area (Å²) in [5.41, 5.74) is 2.80. The molecule has 0 spiro atoms. The van der Waals surface area contributed by atoms with Gasteiger partial charge in [-0.25, -0.2) is 14.6 Å². The van der Waals surface area contributed by atoms with Crippen LogP contribution in [0.1, 0.15) is 12.8 Å². The van der Waals surface area contributed by atoms with Crippen molar-refractivity contribution in [3.63, 3.8) is 0 Å². The number of amides is 2. The third-order valence-electron chi connectivity index (χ3n) is 3.25. The fourth-order valence-corrected chi connectivity index (χ4v) is 2.27. The van der Waals surface area contributed by atoms with E-state index in [4.69, 9.17) is 9.47 Å². The molecule has 0 radical (unpaired) electrons. The van der Waals surface area contributed by atoms with Crippen molar-refractivity contribution < 1.29 is 19.1 Å². The molecule has 1 N–H and O–H groups in total. The van der Waals surface area contributed by atoms with Crippen molar-refractivity contribution in [2.45, 2.75) is 18.9 Å². The van der Waals surface area contributed by atoms with Gasteiger partial charge in [0.15, 0.2) is 0 Å². The van der Waals surface area contributed by atoms with Crippen LogP contribution in [0.2, 0.25) is 0 Å². The van der Waals surface area contributed by atoms with Crippen LogP contribution in [-0.2, 0) is 14.3 Å². The average Bonchev–Trinajstić information content (AvgIpc) is 2.88. The molecule has 2 rings (SSSR count). The third kappa shape index (κ3) is 2.91. The molecule has 18 heavy (non-hydrogen) atoms. The maximum absolute atomic E-state index is 12.1. The maximum Gasteiger partial charge on any atom is 0.332 e. The molecule has 102 valence electrons. The van der Waals surface area contributed by atoms with E-state index in [0.717, 1.165) is 6.42 Å². The molecule has 1 unspecified atom stereocenters. The van der Waals surface area contributed by atoms with Crippen LogP contribution in [0.25, 0.3) is 0 Å². The van der Waals surface area contributed by atoms with E-state index in [2.05, 4.69) is 5.43 Å².